The summed E-state index contributed by atoms with van der Waals surface area (Å²) in [6.45, 7) is 9.71. The zero-order valence-electron chi connectivity index (χ0n) is 16.4. The summed E-state index contributed by atoms with van der Waals surface area (Å²) in [5, 5.41) is 0. The van der Waals surface area contributed by atoms with Crippen LogP contribution in [0.25, 0.3) is 11.0 Å². The lowest BCUT2D eigenvalue weighted by Crippen LogP contribution is -2.06. The lowest BCUT2D eigenvalue weighted by atomic mass is 10.2. The smallest absolute Gasteiger partial charge is 0.151 e. The molecule has 0 aromatic carbocycles. The van der Waals surface area contributed by atoms with Crippen molar-refractivity contribution in [3.05, 3.63) is 17.1 Å². The maximum atomic E-state index is 6.17. The molecule has 0 saturated heterocycles. The summed E-state index contributed by atoms with van der Waals surface area (Å²) in [6, 6.07) is 0. The molecule has 0 atom stereocenters. The number of pyridine rings is 1. The Morgan fingerprint density at radius 3 is 2.40 bits per heavy atom. The number of aromatic nitrogens is 3. The highest BCUT2D eigenvalue weighted by molar-refractivity contribution is 7.99. The number of thioether (sulfide) groups is 1. The SMILES string of the molecule is CCCCSCCCCn1c(CCCC)nc2c(N)nc(C)c(C)c21. The molecule has 4 nitrogen and oxygen atoms in total. The number of rotatable bonds is 11. The van der Waals surface area contributed by atoms with E-state index >= 15 is 0 Å². The van der Waals surface area contributed by atoms with Gasteiger partial charge in [-0.3, -0.25) is 0 Å². The normalized spacial score (nSPS) is 11.5. The van der Waals surface area contributed by atoms with Crippen LogP contribution < -0.4 is 5.73 Å². The quantitative estimate of drug-likeness (QED) is 0.552. The molecule has 2 aromatic heterocycles. The molecule has 0 bridgehead atoms. The molecule has 0 saturated carbocycles. The van der Waals surface area contributed by atoms with E-state index in [9.17, 15) is 0 Å². The summed E-state index contributed by atoms with van der Waals surface area (Å²) in [5.41, 5.74) is 10.5. The third-order valence-electron chi connectivity index (χ3n) is 4.79. The Hall–Kier alpha value is -1.23. The number of fused-ring (bicyclic) bond motifs is 1. The predicted octanol–water partition coefficient (Wildman–Crippen LogP) is 5.29. The monoisotopic (exact) mass is 362 g/mol. The number of nitrogen functional groups attached to an aromatic ring is 1. The van der Waals surface area contributed by atoms with Gasteiger partial charge in [-0.2, -0.15) is 11.8 Å². The van der Waals surface area contributed by atoms with Gasteiger partial charge >= 0.3 is 0 Å². The minimum absolute atomic E-state index is 0.574. The summed E-state index contributed by atoms with van der Waals surface area (Å²) in [4.78, 5) is 9.33. The molecule has 0 spiro atoms. The molecule has 0 aliphatic heterocycles. The van der Waals surface area contributed by atoms with Crippen molar-refractivity contribution in [2.75, 3.05) is 17.2 Å². The highest BCUT2D eigenvalue weighted by atomic mass is 32.2. The van der Waals surface area contributed by atoms with Crippen LogP contribution in [-0.4, -0.2) is 26.0 Å². The average molecular weight is 363 g/mol. The number of hydrogen-bond donors (Lipinski definition) is 1. The second kappa shape index (κ2) is 10.0. The van der Waals surface area contributed by atoms with Gasteiger partial charge in [0.25, 0.3) is 0 Å². The van der Waals surface area contributed by atoms with Crippen LogP contribution >= 0.6 is 11.8 Å². The molecule has 0 amide bonds. The van der Waals surface area contributed by atoms with Crippen molar-refractivity contribution >= 4 is 28.6 Å². The molecule has 0 fully saturated rings. The molecule has 2 rings (SSSR count). The van der Waals surface area contributed by atoms with Crippen molar-refractivity contribution in [3.8, 4) is 0 Å². The highest BCUT2D eigenvalue weighted by Crippen LogP contribution is 2.27. The number of imidazole rings is 1. The van der Waals surface area contributed by atoms with Gasteiger partial charge in [-0.05, 0) is 56.6 Å². The summed E-state index contributed by atoms with van der Waals surface area (Å²) >= 11 is 2.09. The summed E-state index contributed by atoms with van der Waals surface area (Å²) in [5.74, 6) is 4.31. The molecule has 2 aromatic rings. The van der Waals surface area contributed by atoms with Crippen LogP contribution in [0.4, 0.5) is 5.82 Å². The third kappa shape index (κ3) is 5.13. The van der Waals surface area contributed by atoms with Crippen molar-refractivity contribution in [1.29, 1.82) is 0 Å². The van der Waals surface area contributed by atoms with Gasteiger partial charge in [0.15, 0.2) is 5.82 Å². The molecule has 2 heterocycles. The van der Waals surface area contributed by atoms with Crippen molar-refractivity contribution in [1.82, 2.24) is 14.5 Å². The molecule has 140 valence electrons. The highest BCUT2D eigenvalue weighted by Gasteiger charge is 2.17. The van der Waals surface area contributed by atoms with Crippen LogP contribution in [0.3, 0.4) is 0 Å². The molecule has 25 heavy (non-hydrogen) atoms. The molecule has 0 radical (unpaired) electrons. The zero-order valence-corrected chi connectivity index (χ0v) is 17.2. The third-order valence-corrected chi connectivity index (χ3v) is 5.95. The van der Waals surface area contributed by atoms with E-state index in [-0.39, 0.29) is 0 Å². The number of anilines is 1. The first-order valence-corrected chi connectivity index (χ1v) is 10.9. The minimum Gasteiger partial charge on any atom is -0.382 e. The molecule has 0 aliphatic rings. The Bertz CT molecular complexity index is 678. The predicted molar refractivity (Wildman–Crippen MR) is 111 cm³/mol. The Morgan fingerprint density at radius 2 is 1.68 bits per heavy atom. The average Bonchev–Trinajstić information content (AvgIpc) is 2.96. The molecular formula is C20H34N4S. The Balaban J connectivity index is 2.14. The Labute approximate surface area is 157 Å². The van der Waals surface area contributed by atoms with Gasteiger partial charge in [0.2, 0.25) is 0 Å². The fourth-order valence-electron chi connectivity index (χ4n) is 3.14. The lowest BCUT2D eigenvalue weighted by molar-refractivity contribution is 0.605. The lowest BCUT2D eigenvalue weighted by Gasteiger charge is -2.12. The number of aryl methyl sites for hydroxylation is 4. The van der Waals surface area contributed by atoms with Crippen molar-refractivity contribution in [2.45, 2.75) is 79.2 Å². The Morgan fingerprint density at radius 1 is 0.960 bits per heavy atom. The van der Waals surface area contributed by atoms with Gasteiger partial charge in [-0.25, -0.2) is 9.97 Å². The fourth-order valence-corrected chi connectivity index (χ4v) is 4.24. The van der Waals surface area contributed by atoms with Crippen molar-refractivity contribution in [3.63, 3.8) is 0 Å². The van der Waals surface area contributed by atoms with Crippen LogP contribution in [0.2, 0.25) is 0 Å². The first-order valence-electron chi connectivity index (χ1n) is 9.79. The van der Waals surface area contributed by atoms with E-state index in [1.54, 1.807) is 0 Å². The largest absolute Gasteiger partial charge is 0.382 e. The van der Waals surface area contributed by atoms with Gasteiger partial charge in [0.05, 0.1) is 5.52 Å². The molecule has 0 unspecified atom stereocenters. The fraction of sp³-hybridized carbons (Fsp3) is 0.700. The number of nitrogens with two attached hydrogens (primary N) is 1. The summed E-state index contributed by atoms with van der Waals surface area (Å²) in [6.07, 6.45) is 8.47. The van der Waals surface area contributed by atoms with E-state index < -0.39 is 0 Å². The van der Waals surface area contributed by atoms with E-state index in [4.69, 9.17) is 10.7 Å². The van der Waals surface area contributed by atoms with Crippen LogP contribution in [-0.2, 0) is 13.0 Å². The van der Waals surface area contributed by atoms with E-state index in [0.717, 1.165) is 24.2 Å². The van der Waals surface area contributed by atoms with E-state index in [1.807, 2.05) is 6.92 Å². The van der Waals surface area contributed by atoms with Crippen molar-refractivity contribution in [2.24, 2.45) is 0 Å². The molecular weight excluding hydrogens is 328 g/mol. The van der Waals surface area contributed by atoms with Gasteiger partial charge in [-0.1, -0.05) is 26.7 Å². The van der Waals surface area contributed by atoms with E-state index in [2.05, 4.69) is 42.1 Å². The summed E-state index contributed by atoms with van der Waals surface area (Å²) < 4.78 is 2.42. The first-order chi connectivity index (χ1) is 12.1. The second-order valence-electron chi connectivity index (χ2n) is 6.86. The van der Waals surface area contributed by atoms with Gasteiger partial charge in [-0.15, -0.1) is 0 Å². The van der Waals surface area contributed by atoms with Gasteiger partial charge in [0, 0.05) is 18.7 Å². The summed E-state index contributed by atoms with van der Waals surface area (Å²) in [7, 11) is 0. The van der Waals surface area contributed by atoms with Crippen molar-refractivity contribution < 1.29 is 0 Å². The van der Waals surface area contributed by atoms with Crippen LogP contribution in [0, 0.1) is 13.8 Å². The first kappa shape index (κ1) is 20.1. The maximum Gasteiger partial charge on any atom is 0.151 e. The zero-order chi connectivity index (χ0) is 18.2. The number of hydrogen-bond acceptors (Lipinski definition) is 4. The maximum absolute atomic E-state index is 6.17. The second-order valence-corrected chi connectivity index (χ2v) is 8.09. The molecule has 2 N–H and O–H groups in total. The Kier molecular flexibility index (Phi) is 8.07. The number of nitrogens with zero attached hydrogens (tertiary/aromatic N) is 3. The van der Waals surface area contributed by atoms with E-state index in [1.165, 1.54) is 66.9 Å². The number of unbranched alkanes of at least 4 members (excludes halogenated alkanes) is 3. The molecule has 0 aliphatic carbocycles. The minimum atomic E-state index is 0.574. The van der Waals surface area contributed by atoms with Crippen LogP contribution in [0.15, 0.2) is 0 Å². The van der Waals surface area contributed by atoms with E-state index in [0.29, 0.717) is 5.82 Å². The topological polar surface area (TPSA) is 56.7 Å². The van der Waals surface area contributed by atoms with Crippen LogP contribution in [0.5, 0.6) is 0 Å². The molecule has 5 heteroatoms. The van der Waals surface area contributed by atoms with Crippen LogP contribution in [0.1, 0.15) is 69.5 Å². The standard InChI is InChI=1S/C20H34N4S/c1-5-7-11-17-23-18-19(15(3)16(4)22-20(18)21)24(17)12-9-10-14-25-13-8-6-2/h5-14H2,1-4H3,(H2,21,22). The van der Waals surface area contributed by atoms with Gasteiger partial charge < -0.3 is 10.3 Å². The van der Waals surface area contributed by atoms with Gasteiger partial charge in [0.1, 0.15) is 11.3 Å².